The number of benzene rings is 2. The molecule has 0 aliphatic carbocycles. The second-order valence-corrected chi connectivity index (χ2v) is 5.29. The van der Waals surface area contributed by atoms with Crippen LogP contribution in [-0.2, 0) is 0 Å². The molecule has 2 aromatic carbocycles. The van der Waals surface area contributed by atoms with Gasteiger partial charge in [0.25, 0.3) is 0 Å². The lowest BCUT2D eigenvalue weighted by Crippen LogP contribution is -1.98. The third-order valence-electron chi connectivity index (χ3n) is 3.40. The molecular weight excluding hydrogens is 218 g/mol. The number of rotatable bonds is 2. The van der Waals surface area contributed by atoms with E-state index in [4.69, 9.17) is 5.73 Å². The number of hydrogen-bond donors (Lipinski definition) is 1. The summed E-state index contributed by atoms with van der Waals surface area (Å²) in [4.78, 5) is 0. The minimum atomic E-state index is 0.501. The lowest BCUT2D eigenvalue weighted by atomic mass is 9.90. The molecule has 0 saturated heterocycles. The summed E-state index contributed by atoms with van der Waals surface area (Å²) in [5.41, 5.74) is 13.3. The summed E-state index contributed by atoms with van der Waals surface area (Å²) in [6.07, 6.45) is 0. The van der Waals surface area contributed by atoms with E-state index >= 15 is 0 Å². The van der Waals surface area contributed by atoms with Crippen LogP contribution in [0.2, 0.25) is 0 Å². The molecular formula is C17H21N. The number of anilines is 1. The van der Waals surface area contributed by atoms with Crippen LogP contribution < -0.4 is 5.73 Å². The molecule has 0 fully saturated rings. The average molecular weight is 239 g/mol. The van der Waals surface area contributed by atoms with Crippen molar-refractivity contribution in [1.29, 1.82) is 0 Å². The summed E-state index contributed by atoms with van der Waals surface area (Å²) >= 11 is 0. The van der Waals surface area contributed by atoms with E-state index < -0.39 is 0 Å². The van der Waals surface area contributed by atoms with Gasteiger partial charge in [-0.25, -0.2) is 0 Å². The van der Waals surface area contributed by atoms with Crippen LogP contribution in [0.15, 0.2) is 36.4 Å². The quantitative estimate of drug-likeness (QED) is 0.757. The van der Waals surface area contributed by atoms with E-state index in [1.165, 1.54) is 16.7 Å². The highest BCUT2D eigenvalue weighted by atomic mass is 14.6. The van der Waals surface area contributed by atoms with Crippen LogP contribution >= 0.6 is 0 Å². The van der Waals surface area contributed by atoms with Crippen molar-refractivity contribution < 1.29 is 0 Å². The van der Waals surface area contributed by atoms with Crippen molar-refractivity contribution in [3.8, 4) is 11.1 Å². The van der Waals surface area contributed by atoms with Gasteiger partial charge in [0.1, 0.15) is 0 Å². The van der Waals surface area contributed by atoms with E-state index in [2.05, 4.69) is 64.1 Å². The fraction of sp³-hybridized carbons (Fsp3) is 0.294. The van der Waals surface area contributed by atoms with Crippen LogP contribution in [0.3, 0.4) is 0 Å². The minimum absolute atomic E-state index is 0.501. The molecule has 18 heavy (non-hydrogen) atoms. The second kappa shape index (κ2) is 4.85. The van der Waals surface area contributed by atoms with Gasteiger partial charge in [-0.05, 0) is 42.5 Å². The summed E-state index contributed by atoms with van der Waals surface area (Å²) in [6.45, 7) is 8.63. The number of hydrogen-bond acceptors (Lipinski definition) is 1. The lowest BCUT2D eigenvalue weighted by Gasteiger charge is -2.16. The van der Waals surface area contributed by atoms with E-state index in [-0.39, 0.29) is 0 Å². The highest BCUT2D eigenvalue weighted by molar-refractivity contribution is 5.81. The van der Waals surface area contributed by atoms with Gasteiger partial charge in [0.15, 0.2) is 0 Å². The molecule has 1 heteroatoms. The fourth-order valence-corrected chi connectivity index (χ4v) is 2.45. The van der Waals surface area contributed by atoms with E-state index in [9.17, 15) is 0 Å². The van der Waals surface area contributed by atoms with Crippen LogP contribution in [0.1, 0.15) is 36.5 Å². The van der Waals surface area contributed by atoms with Gasteiger partial charge >= 0.3 is 0 Å². The largest absolute Gasteiger partial charge is 0.398 e. The molecule has 0 aliphatic heterocycles. The van der Waals surface area contributed by atoms with Crippen molar-refractivity contribution in [2.45, 2.75) is 33.6 Å². The Morgan fingerprint density at radius 1 is 0.944 bits per heavy atom. The van der Waals surface area contributed by atoms with E-state index in [1.54, 1.807) is 0 Å². The topological polar surface area (TPSA) is 26.0 Å². The Morgan fingerprint density at radius 3 is 2.28 bits per heavy atom. The first-order chi connectivity index (χ1) is 8.50. The predicted molar refractivity (Wildman–Crippen MR) is 79.9 cm³/mol. The van der Waals surface area contributed by atoms with Gasteiger partial charge in [-0.2, -0.15) is 0 Å². The Kier molecular flexibility index (Phi) is 3.42. The molecule has 0 radical (unpaired) electrons. The summed E-state index contributed by atoms with van der Waals surface area (Å²) in [5.74, 6) is 0.501. The van der Waals surface area contributed by atoms with Crippen molar-refractivity contribution in [3.63, 3.8) is 0 Å². The van der Waals surface area contributed by atoms with Gasteiger partial charge in [0, 0.05) is 11.3 Å². The molecule has 2 rings (SSSR count). The molecule has 0 bridgehead atoms. The molecule has 2 N–H and O–H groups in total. The average Bonchev–Trinajstić information content (AvgIpc) is 2.33. The molecule has 0 heterocycles. The molecule has 0 aromatic heterocycles. The number of nitrogen functional groups attached to an aromatic ring is 1. The molecule has 2 aromatic rings. The Bertz CT molecular complexity index is 568. The van der Waals surface area contributed by atoms with Crippen LogP contribution in [0.4, 0.5) is 5.69 Å². The summed E-state index contributed by atoms with van der Waals surface area (Å²) in [6, 6.07) is 12.9. The highest BCUT2D eigenvalue weighted by Crippen LogP contribution is 2.34. The maximum absolute atomic E-state index is 6.25. The van der Waals surface area contributed by atoms with Crippen molar-refractivity contribution >= 4 is 5.69 Å². The third-order valence-corrected chi connectivity index (χ3v) is 3.40. The maximum Gasteiger partial charge on any atom is 0.0423 e. The summed E-state index contributed by atoms with van der Waals surface area (Å²) in [5, 5.41) is 0. The Morgan fingerprint density at radius 2 is 1.61 bits per heavy atom. The molecule has 0 amide bonds. The van der Waals surface area contributed by atoms with Gasteiger partial charge in [-0.15, -0.1) is 0 Å². The zero-order valence-electron chi connectivity index (χ0n) is 11.6. The number of nitrogens with two attached hydrogens (primary N) is 1. The number of aryl methyl sites for hydroxylation is 2. The van der Waals surface area contributed by atoms with Gasteiger partial charge in [0.2, 0.25) is 0 Å². The van der Waals surface area contributed by atoms with Crippen molar-refractivity contribution in [2.75, 3.05) is 5.73 Å². The van der Waals surface area contributed by atoms with Crippen LogP contribution in [0, 0.1) is 13.8 Å². The first-order valence-corrected chi connectivity index (χ1v) is 6.46. The van der Waals surface area contributed by atoms with E-state index in [1.807, 2.05) is 0 Å². The van der Waals surface area contributed by atoms with Crippen LogP contribution in [0.5, 0.6) is 0 Å². The fourth-order valence-electron chi connectivity index (χ4n) is 2.45. The van der Waals surface area contributed by atoms with Gasteiger partial charge in [-0.1, -0.05) is 49.7 Å². The molecule has 0 aliphatic rings. The monoisotopic (exact) mass is 239 g/mol. The van der Waals surface area contributed by atoms with Gasteiger partial charge in [0.05, 0.1) is 0 Å². The Hall–Kier alpha value is -1.76. The Labute approximate surface area is 110 Å². The molecule has 0 saturated carbocycles. The minimum Gasteiger partial charge on any atom is -0.398 e. The van der Waals surface area contributed by atoms with Crippen LogP contribution in [0.25, 0.3) is 11.1 Å². The summed E-state index contributed by atoms with van der Waals surface area (Å²) < 4.78 is 0. The van der Waals surface area contributed by atoms with Crippen molar-refractivity contribution in [3.05, 3.63) is 53.1 Å². The zero-order valence-corrected chi connectivity index (χ0v) is 11.6. The van der Waals surface area contributed by atoms with Gasteiger partial charge < -0.3 is 5.73 Å². The van der Waals surface area contributed by atoms with Crippen LogP contribution in [-0.4, -0.2) is 0 Å². The van der Waals surface area contributed by atoms with Crippen molar-refractivity contribution in [1.82, 2.24) is 0 Å². The highest BCUT2D eigenvalue weighted by Gasteiger charge is 2.11. The standard InChI is InChI=1S/C17H21N/c1-11(2)14-7-5-6-8-15(14)16-10-12(3)9-13(4)17(16)18/h5-11H,18H2,1-4H3. The normalized spacial score (nSPS) is 10.9. The molecule has 0 unspecified atom stereocenters. The van der Waals surface area contributed by atoms with Gasteiger partial charge in [-0.3, -0.25) is 0 Å². The van der Waals surface area contributed by atoms with Crippen molar-refractivity contribution in [2.24, 2.45) is 0 Å². The lowest BCUT2D eigenvalue weighted by molar-refractivity contribution is 0.869. The zero-order chi connectivity index (χ0) is 13.3. The maximum atomic E-state index is 6.25. The molecule has 1 nitrogen and oxygen atoms in total. The smallest absolute Gasteiger partial charge is 0.0423 e. The summed E-state index contributed by atoms with van der Waals surface area (Å²) in [7, 11) is 0. The predicted octanol–water partition coefficient (Wildman–Crippen LogP) is 4.68. The first-order valence-electron chi connectivity index (χ1n) is 6.46. The van der Waals surface area contributed by atoms with E-state index in [0.717, 1.165) is 16.8 Å². The SMILES string of the molecule is Cc1cc(C)c(N)c(-c2ccccc2C(C)C)c1. The first kappa shape index (κ1) is 12.7. The molecule has 0 atom stereocenters. The third kappa shape index (κ3) is 2.26. The second-order valence-electron chi connectivity index (χ2n) is 5.29. The van der Waals surface area contributed by atoms with E-state index in [0.29, 0.717) is 5.92 Å². The Balaban J connectivity index is 2.69. The molecule has 94 valence electrons. The molecule has 0 spiro atoms.